The topological polar surface area (TPSA) is 70.9 Å². The van der Waals surface area contributed by atoms with Crippen LogP contribution in [-0.2, 0) is 6.18 Å². The molecule has 0 atom stereocenters. The van der Waals surface area contributed by atoms with Crippen LogP contribution in [0.15, 0.2) is 24.3 Å². The lowest BCUT2D eigenvalue weighted by Crippen LogP contribution is -2.50. The first-order valence-corrected chi connectivity index (χ1v) is 6.59. The average molecular weight is 297 g/mol. The Morgan fingerprint density at radius 3 is 2.62 bits per heavy atom. The second kappa shape index (κ2) is 4.77. The molecule has 7 heteroatoms. The van der Waals surface area contributed by atoms with Gasteiger partial charge in [-0.05, 0) is 31.0 Å². The van der Waals surface area contributed by atoms with Crippen LogP contribution in [0.3, 0.4) is 0 Å². The molecular weight excluding hydrogens is 283 g/mol. The minimum atomic E-state index is -4.40. The number of halogens is 3. The zero-order chi connectivity index (χ0) is 15.2. The van der Waals surface area contributed by atoms with Crippen LogP contribution in [0.4, 0.5) is 13.2 Å². The number of carbonyl (C=O) groups is 1. The van der Waals surface area contributed by atoms with Crippen molar-refractivity contribution in [1.82, 2.24) is 10.3 Å². The van der Waals surface area contributed by atoms with Crippen LogP contribution < -0.4 is 11.1 Å². The summed E-state index contributed by atoms with van der Waals surface area (Å²) in [6.45, 7) is 0. The van der Waals surface area contributed by atoms with Crippen molar-refractivity contribution in [2.45, 2.75) is 31.1 Å². The summed E-state index contributed by atoms with van der Waals surface area (Å²) in [5.74, 6) is -0.323. The lowest BCUT2D eigenvalue weighted by Gasteiger charge is -2.32. The third-order valence-electron chi connectivity index (χ3n) is 3.70. The molecule has 0 radical (unpaired) electrons. The van der Waals surface area contributed by atoms with Crippen LogP contribution >= 0.6 is 0 Å². The molecule has 0 unspecified atom stereocenters. The van der Waals surface area contributed by atoms with E-state index in [1.54, 1.807) is 6.07 Å². The van der Waals surface area contributed by atoms with E-state index in [9.17, 15) is 18.0 Å². The molecule has 0 spiro atoms. The second-order valence-electron chi connectivity index (χ2n) is 5.38. The molecule has 1 aliphatic carbocycles. The first-order valence-electron chi connectivity index (χ1n) is 6.59. The highest BCUT2D eigenvalue weighted by Crippen LogP contribution is 2.31. The standard InChI is InChI=1S/C14H14F3N3O/c15-14(16,17)8-2-1-7-3-12(20-11(7)4-8)13(21)19-10-5-9(18)6-10/h1-4,9-10,20H,5-6,18H2,(H,19,21). The van der Waals surface area contributed by atoms with Gasteiger partial charge in [-0.15, -0.1) is 0 Å². The molecule has 1 heterocycles. The zero-order valence-electron chi connectivity index (χ0n) is 11.0. The van der Waals surface area contributed by atoms with Gasteiger partial charge < -0.3 is 16.0 Å². The maximum atomic E-state index is 12.6. The summed E-state index contributed by atoms with van der Waals surface area (Å²) in [6, 6.07) is 5.07. The number of aromatic nitrogens is 1. The molecule has 1 saturated carbocycles. The molecular formula is C14H14F3N3O. The van der Waals surface area contributed by atoms with Crippen molar-refractivity contribution in [3.63, 3.8) is 0 Å². The number of rotatable bonds is 2. The smallest absolute Gasteiger partial charge is 0.351 e. The van der Waals surface area contributed by atoms with Gasteiger partial charge >= 0.3 is 6.18 Å². The summed E-state index contributed by atoms with van der Waals surface area (Å²) in [6.07, 6.45) is -2.95. The Morgan fingerprint density at radius 2 is 2.00 bits per heavy atom. The number of amides is 1. The minimum Gasteiger partial charge on any atom is -0.351 e. The molecule has 1 aliphatic rings. The minimum absolute atomic E-state index is 0.0460. The summed E-state index contributed by atoms with van der Waals surface area (Å²) < 4.78 is 37.9. The zero-order valence-corrected chi connectivity index (χ0v) is 11.0. The van der Waals surface area contributed by atoms with Gasteiger partial charge in [-0.1, -0.05) is 6.07 Å². The van der Waals surface area contributed by atoms with Crippen LogP contribution in [-0.4, -0.2) is 23.0 Å². The summed E-state index contributed by atoms with van der Waals surface area (Å²) in [7, 11) is 0. The van der Waals surface area contributed by atoms with Crippen molar-refractivity contribution in [3.05, 3.63) is 35.5 Å². The summed E-state index contributed by atoms with van der Waals surface area (Å²) in [4.78, 5) is 14.7. The fraction of sp³-hybridized carbons (Fsp3) is 0.357. The quantitative estimate of drug-likeness (QED) is 0.796. The maximum absolute atomic E-state index is 12.6. The Bertz CT molecular complexity index is 686. The third-order valence-corrected chi connectivity index (χ3v) is 3.70. The van der Waals surface area contributed by atoms with Gasteiger partial charge in [0.15, 0.2) is 0 Å². The molecule has 0 saturated heterocycles. The first-order chi connectivity index (χ1) is 9.83. The average Bonchev–Trinajstić information content (AvgIpc) is 2.78. The number of fused-ring (bicyclic) bond motifs is 1. The van der Waals surface area contributed by atoms with Gasteiger partial charge in [-0.3, -0.25) is 4.79 Å². The summed E-state index contributed by atoms with van der Waals surface area (Å²) >= 11 is 0. The lowest BCUT2D eigenvalue weighted by atomic mass is 9.87. The van der Waals surface area contributed by atoms with E-state index in [2.05, 4.69) is 10.3 Å². The molecule has 2 aromatic rings. The number of carbonyl (C=O) groups excluding carboxylic acids is 1. The first kappa shape index (κ1) is 13.9. The Labute approximate surface area is 118 Å². The highest BCUT2D eigenvalue weighted by atomic mass is 19.4. The van der Waals surface area contributed by atoms with Gasteiger partial charge in [0.1, 0.15) is 5.69 Å². The van der Waals surface area contributed by atoms with E-state index in [4.69, 9.17) is 5.73 Å². The molecule has 4 nitrogen and oxygen atoms in total. The molecule has 1 fully saturated rings. The predicted octanol–water partition coefficient (Wildman–Crippen LogP) is 2.41. The SMILES string of the molecule is NC1CC(NC(=O)c2cc3ccc(C(F)(F)F)cc3[nH]2)C1. The highest BCUT2D eigenvalue weighted by molar-refractivity contribution is 5.98. The molecule has 1 aromatic carbocycles. The maximum Gasteiger partial charge on any atom is 0.416 e. The van der Waals surface area contributed by atoms with Crippen molar-refractivity contribution in [2.75, 3.05) is 0 Å². The van der Waals surface area contributed by atoms with Crippen molar-refractivity contribution < 1.29 is 18.0 Å². The lowest BCUT2D eigenvalue weighted by molar-refractivity contribution is -0.137. The third kappa shape index (κ3) is 2.73. The number of benzene rings is 1. The molecule has 1 amide bonds. The largest absolute Gasteiger partial charge is 0.416 e. The number of nitrogens with one attached hydrogen (secondary N) is 2. The van der Waals surface area contributed by atoms with E-state index >= 15 is 0 Å². The van der Waals surface area contributed by atoms with E-state index in [1.165, 1.54) is 6.07 Å². The fourth-order valence-electron chi connectivity index (χ4n) is 2.47. The number of alkyl halides is 3. The Morgan fingerprint density at radius 1 is 1.29 bits per heavy atom. The Kier molecular flexibility index (Phi) is 3.16. The number of hydrogen-bond donors (Lipinski definition) is 3. The van der Waals surface area contributed by atoms with Gasteiger partial charge in [-0.25, -0.2) is 0 Å². The van der Waals surface area contributed by atoms with E-state index in [1.807, 2.05) is 0 Å². The van der Waals surface area contributed by atoms with Crippen molar-refractivity contribution in [2.24, 2.45) is 5.73 Å². The van der Waals surface area contributed by atoms with Gasteiger partial charge in [0.2, 0.25) is 0 Å². The van der Waals surface area contributed by atoms with E-state index in [0.29, 0.717) is 10.9 Å². The molecule has 3 rings (SSSR count). The molecule has 0 aliphatic heterocycles. The van der Waals surface area contributed by atoms with Gasteiger partial charge in [-0.2, -0.15) is 13.2 Å². The molecule has 0 bridgehead atoms. The Balaban J connectivity index is 1.82. The van der Waals surface area contributed by atoms with Crippen molar-refractivity contribution in [3.8, 4) is 0 Å². The van der Waals surface area contributed by atoms with Crippen LogP contribution in [0.5, 0.6) is 0 Å². The normalized spacial score (nSPS) is 22.1. The molecule has 1 aromatic heterocycles. The number of aromatic amines is 1. The Hall–Kier alpha value is -2.02. The predicted molar refractivity (Wildman–Crippen MR) is 71.8 cm³/mol. The molecule has 112 valence electrons. The number of H-pyrrole nitrogens is 1. The van der Waals surface area contributed by atoms with E-state index in [-0.39, 0.29) is 23.7 Å². The molecule has 4 N–H and O–H groups in total. The summed E-state index contributed by atoms with van der Waals surface area (Å²) in [5, 5.41) is 3.36. The monoisotopic (exact) mass is 297 g/mol. The molecule has 21 heavy (non-hydrogen) atoms. The van der Waals surface area contributed by atoms with Crippen LogP contribution in [0, 0.1) is 0 Å². The van der Waals surface area contributed by atoms with Gasteiger partial charge in [0.05, 0.1) is 5.56 Å². The summed E-state index contributed by atoms with van der Waals surface area (Å²) in [5.41, 5.74) is 5.44. The fourth-order valence-corrected chi connectivity index (χ4v) is 2.47. The van der Waals surface area contributed by atoms with Crippen LogP contribution in [0.2, 0.25) is 0 Å². The number of hydrogen-bond acceptors (Lipinski definition) is 2. The van der Waals surface area contributed by atoms with E-state index < -0.39 is 11.7 Å². The van der Waals surface area contributed by atoms with E-state index in [0.717, 1.165) is 25.0 Å². The van der Waals surface area contributed by atoms with Crippen LogP contribution in [0.25, 0.3) is 10.9 Å². The highest BCUT2D eigenvalue weighted by Gasteiger charge is 2.31. The van der Waals surface area contributed by atoms with Crippen molar-refractivity contribution >= 4 is 16.8 Å². The van der Waals surface area contributed by atoms with Gasteiger partial charge in [0, 0.05) is 23.0 Å². The second-order valence-corrected chi connectivity index (χ2v) is 5.38. The van der Waals surface area contributed by atoms with Gasteiger partial charge in [0.25, 0.3) is 5.91 Å². The van der Waals surface area contributed by atoms with Crippen LogP contribution in [0.1, 0.15) is 28.9 Å². The number of nitrogens with two attached hydrogens (primary N) is 1. The van der Waals surface area contributed by atoms with Crippen molar-refractivity contribution in [1.29, 1.82) is 0 Å².